The smallest absolute Gasteiger partial charge is 0.191 e. The van der Waals surface area contributed by atoms with Gasteiger partial charge in [-0.25, -0.2) is 4.39 Å². The molecule has 0 radical (unpaired) electrons. The summed E-state index contributed by atoms with van der Waals surface area (Å²) in [6, 6.07) is 4.92. The predicted molar refractivity (Wildman–Crippen MR) is 118 cm³/mol. The van der Waals surface area contributed by atoms with Gasteiger partial charge in [0.15, 0.2) is 5.96 Å². The summed E-state index contributed by atoms with van der Waals surface area (Å²) in [5.41, 5.74) is 2.12. The molecule has 0 saturated heterocycles. The van der Waals surface area contributed by atoms with E-state index >= 15 is 0 Å². The van der Waals surface area contributed by atoms with Gasteiger partial charge in [-0.3, -0.25) is 4.99 Å². The number of rotatable bonds is 10. The van der Waals surface area contributed by atoms with Crippen LogP contribution in [0.15, 0.2) is 23.2 Å². The molecule has 0 saturated carbocycles. The molecule has 150 valence electrons. The van der Waals surface area contributed by atoms with Crippen molar-refractivity contribution in [3.63, 3.8) is 0 Å². The van der Waals surface area contributed by atoms with Gasteiger partial charge in [0.2, 0.25) is 0 Å². The lowest BCUT2D eigenvalue weighted by molar-refractivity contribution is 0.0548. The molecular formula is C19H34FIN4O. The van der Waals surface area contributed by atoms with E-state index in [4.69, 9.17) is 4.74 Å². The predicted octanol–water partition coefficient (Wildman–Crippen LogP) is 2.82. The second-order valence-electron chi connectivity index (χ2n) is 6.37. The van der Waals surface area contributed by atoms with Gasteiger partial charge in [-0.15, -0.1) is 24.0 Å². The van der Waals surface area contributed by atoms with Gasteiger partial charge < -0.3 is 20.3 Å². The summed E-state index contributed by atoms with van der Waals surface area (Å²) in [5.74, 6) is 0.570. The minimum absolute atomic E-state index is 0. The molecule has 2 N–H and O–H groups in total. The molecular weight excluding hydrogens is 446 g/mol. The van der Waals surface area contributed by atoms with Crippen LogP contribution in [-0.4, -0.2) is 64.3 Å². The quantitative estimate of drug-likeness (QED) is 0.307. The number of benzene rings is 1. The number of nitrogens with one attached hydrogen (secondary N) is 2. The van der Waals surface area contributed by atoms with E-state index in [2.05, 4.69) is 34.6 Å². The van der Waals surface area contributed by atoms with E-state index in [0.717, 1.165) is 49.6 Å². The first-order valence-electron chi connectivity index (χ1n) is 8.92. The van der Waals surface area contributed by atoms with E-state index < -0.39 is 0 Å². The van der Waals surface area contributed by atoms with E-state index in [9.17, 15) is 4.39 Å². The number of aliphatic imine (C=N–C) groups is 1. The third-order valence-electron chi connectivity index (χ3n) is 4.01. The van der Waals surface area contributed by atoms with Gasteiger partial charge in [0.05, 0.1) is 6.10 Å². The highest BCUT2D eigenvalue weighted by Gasteiger charge is 2.10. The van der Waals surface area contributed by atoms with E-state index in [-0.39, 0.29) is 35.9 Å². The highest BCUT2D eigenvalue weighted by Crippen LogP contribution is 2.10. The Morgan fingerprint density at radius 3 is 2.62 bits per heavy atom. The first-order valence-corrected chi connectivity index (χ1v) is 8.92. The van der Waals surface area contributed by atoms with Crippen LogP contribution >= 0.6 is 24.0 Å². The maximum absolute atomic E-state index is 13.1. The molecule has 0 amide bonds. The summed E-state index contributed by atoms with van der Waals surface area (Å²) in [6.45, 7) is 7.10. The zero-order valence-electron chi connectivity index (χ0n) is 16.6. The van der Waals surface area contributed by atoms with E-state index in [1.807, 2.05) is 19.9 Å². The molecule has 1 unspecified atom stereocenters. The summed E-state index contributed by atoms with van der Waals surface area (Å²) >= 11 is 0. The fourth-order valence-corrected chi connectivity index (χ4v) is 2.57. The van der Waals surface area contributed by atoms with Crippen molar-refractivity contribution in [3.05, 3.63) is 35.1 Å². The number of hydrogen-bond donors (Lipinski definition) is 2. The molecule has 7 heteroatoms. The van der Waals surface area contributed by atoms with Gasteiger partial charge in [-0.05, 0) is 64.0 Å². The van der Waals surface area contributed by atoms with Crippen LogP contribution < -0.4 is 10.6 Å². The Kier molecular flexibility index (Phi) is 13.7. The molecule has 1 aromatic carbocycles. The summed E-state index contributed by atoms with van der Waals surface area (Å²) < 4.78 is 18.9. The van der Waals surface area contributed by atoms with Gasteiger partial charge in [0, 0.05) is 33.3 Å². The van der Waals surface area contributed by atoms with Gasteiger partial charge in [-0.1, -0.05) is 6.07 Å². The lowest BCUT2D eigenvalue weighted by Gasteiger charge is -2.21. The largest absolute Gasteiger partial charge is 0.377 e. The maximum atomic E-state index is 13.1. The van der Waals surface area contributed by atoms with E-state index in [1.165, 1.54) is 6.07 Å². The second-order valence-corrected chi connectivity index (χ2v) is 6.37. The second kappa shape index (κ2) is 14.2. The fraction of sp³-hybridized carbons (Fsp3) is 0.632. The van der Waals surface area contributed by atoms with Crippen molar-refractivity contribution in [2.75, 3.05) is 47.4 Å². The number of halogens is 2. The van der Waals surface area contributed by atoms with E-state index in [0.29, 0.717) is 6.61 Å². The third-order valence-corrected chi connectivity index (χ3v) is 4.01. The van der Waals surface area contributed by atoms with Crippen LogP contribution in [0.1, 0.15) is 24.5 Å². The van der Waals surface area contributed by atoms with Crippen LogP contribution in [-0.2, 0) is 11.2 Å². The standard InChI is InChI=1S/C19H33FN4O.HI/c1-6-25-18(10-12-24(4)5)14-23-19(21-3)22-11-9-16-7-8-17(20)13-15(16)2;/h7-8,13,18H,6,9-12,14H2,1-5H3,(H2,21,22,23);1H. The summed E-state index contributed by atoms with van der Waals surface area (Å²) in [6.07, 6.45) is 1.95. The minimum Gasteiger partial charge on any atom is -0.377 e. The van der Waals surface area contributed by atoms with Crippen molar-refractivity contribution in [2.24, 2.45) is 4.99 Å². The Hall–Kier alpha value is -0.930. The zero-order chi connectivity index (χ0) is 18.7. The summed E-state index contributed by atoms with van der Waals surface area (Å²) in [4.78, 5) is 6.41. The Bertz CT molecular complexity index is 540. The van der Waals surface area contributed by atoms with Crippen molar-refractivity contribution in [1.29, 1.82) is 0 Å². The molecule has 0 spiro atoms. The van der Waals surface area contributed by atoms with Gasteiger partial charge in [0.25, 0.3) is 0 Å². The Balaban J connectivity index is 0.00000625. The molecule has 1 rings (SSSR count). The lowest BCUT2D eigenvalue weighted by Crippen LogP contribution is -2.43. The summed E-state index contributed by atoms with van der Waals surface area (Å²) in [7, 11) is 5.89. The minimum atomic E-state index is -0.189. The molecule has 0 bridgehead atoms. The Morgan fingerprint density at radius 2 is 2.04 bits per heavy atom. The fourth-order valence-electron chi connectivity index (χ4n) is 2.57. The maximum Gasteiger partial charge on any atom is 0.191 e. The zero-order valence-corrected chi connectivity index (χ0v) is 19.0. The third kappa shape index (κ3) is 10.3. The molecule has 0 aliphatic heterocycles. The van der Waals surface area contributed by atoms with Crippen LogP contribution in [0.3, 0.4) is 0 Å². The lowest BCUT2D eigenvalue weighted by atomic mass is 10.1. The average Bonchev–Trinajstić information content (AvgIpc) is 2.57. The van der Waals surface area contributed by atoms with Gasteiger partial charge >= 0.3 is 0 Å². The Labute approximate surface area is 174 Å². The van der Waals surface area contributed by atoms with Crippen LogP contribution in [0, 0.1) is 12.7 Å². The molecule has 1 aromatic rings. The Morgan fingerprint density at radius 1 is 1.31 bits per heavy atom. The number of aryl methyl sites for hydroxylation is 1. The first-order chi connectivity index (χ1) is 12.0. The highest BCUT2D eigenvalue weighted by atomic mass is 127. The van der Waals surface area contributed by atoms with Crippen molar-refractivity contribution in [2.45, 2.75) is 32.8 Å². The molecule has 0 aliphatic rings. The molecule has 0 heterocycles. The monoisotopic (exact) mass is 480 g/mol. The van der Waals surface area contributed by atoms with Crippen molar-refractivity contribution in [1.82, 2.24) is 15.5 Å². The van der Waals surface area contributed by atoms with Crippen LogP contribution in [0.4, 0.5) is 4.39 Å². The SMILES string of the molecule is CCOC(CCN(C)C)CNC(=NC)NCCc1ccc(F)cc1C.I. The van der Waals surface area contributed by atoms with Crippen molar-refractivity contribution >= 4 is 29.9 Å². The number of nitrogens with zero attached hydrogens (tertiary/aromatic N) is 2. The number of hydrogen-bond acceptors (Lipinski definition) is 3. The number of ether oxygens (including phenoxy) is 1. The molecule has 0 fully saturated rings. The van der Waals surface area contributed by atoms with Gasteiger partial charge in [-0.2, -0.15) is 0 Å². The first kappa shape index (κ1) is 25.1. The summed E-state index contributed by atoms with van der Waals surface area (Å²) in [5, 5.41) is 6.62. The molecule has 1 atom stereocenters. The van der Waals surface area contributed by atoms with Crippen molar-refractivity contribution < 1.29 is 9.13 Å². The van der Waals surface area contributed by atoms with E-state index in [1.54, 1.807) is 13.1 Å². The number of guanidine groups is 1. The highest BCUT2D eigenvalue weighted by molar-refractivity contribution is 14.0. The van der Waals surface area contributed by atoms with Crippen molar-refractivity contribution in [3.8, 4) is 0 Å². The molecule has 5 nitrogen and oxygen atoms in total. The molecule has 26 heavy (non-hydrogen) atoms. The van der Waals surface area contributed by atoms with Crippen LogP contribution in [0.5, 0.6) is 0 Å². The topological polar surface area (TPSA) is 48.9 Å². The van der Waals surface area contributed by atoms with Crippen LogP contribution in [0.2, 0.25) is 0 Å². The molecule has 0 aromatic heterocycles. The average molecular weight is 480 g/mol. The van der Waals surface area contributed by atoms with Gasteiger partial charge in [0.1, 0.15) is 5.82 Å². The normalized spacial score (nSPS) is 12.7. The molecule has 0 aliphatic carbocycles. The van der Waals surface area contributed by atoms with Crippen LogP contribution in [0.25, 0.3) is 0 Å².